The van der Waals surface area contributed by atoms with Gasteiger partial charge in [-0.3, -0.25) is 4.79 Å². The number of aromatic nitrogens is 3. The van der Waals surface area contributed by atoms with Gasteiger partial charge in [0.05, 0.1) is 33.6 Å². The van der Waals surface area contributed by atoms with Crippen LogP contribution in [-0.4, -0.2) is 20.9 Å². The minimum atomic E-state index is -0.720. The summed E-state index contributed by atoms with van der Waals surface area (Å²) < 4.78 is 6.16. The number of fused-ring (bicyclic) bond motifs is 12. The lowest BCUT2D eigenvalue weighted by Gasteiger charge is -2.47. The number of ether oxygens (including phenoxy) is 1. The van der Waals surface area contributed by atoms with Crippen LogP contribution in [0, 0.1) is 0 Å². The van der Waals surface area contributed by atoms with E-state index in [9.17, 15) is 4.79 Å². The summed E-state index contributed by atoms with van der Waals surface area (Å²) in [5, 5.41) is 3.31. The van der Waals surface area contributed by atoms with E-state index >= 15 is 0 Å². The highest BCUT2D eigenvalue weighted by atomic mass is 16.5. The normalized spacial score (nSPS) is 18.8. The van der Waals surface area contributed by atoms with E-state index in [1.165, 1.54) is 38.9 Å². The minimum absolute atomic E-state index is 0.191. The zero-order valence-corrected chi connectivity index (χ0v) is 39.8. The molecule has 0 saturated heterocycles. The van der Waals surface area contributed by atoms with Gasteiger partial charge in [0.1, 0.15) is 5.75 Å². The summed E-state index contributed by atoms with van der Waals surface area (Å²) in [5.74, 6) is 0.287. The number of carbonyl (C=O) groups is 1. The maximum atomic E-state index is 14.5. The number of hydrogen-bond acceptors (Lipinski definition) is 5. The van der Waals surface area contributed by atoms with E-state index in [-0.39, 0.29) is 12.4 Å². The molecule has 0 radical (unpaired) electrons. The number of aryl methyl sites for hydroxylation is 1. The molecule has 0 spiro atoms. The molecule has 3 aliphatic carbocycles. The maximum Gasteiger partial charge on any atom is 0.311 e. The Balaban J connectivity index is 1.07. The molecule has 0 aliphatic heterocycles. The van der Waals surface area contributed by atoms with Crippen LogP contribution >= 0.6 is 0 Å². The third-order valence-electron chi connectivity index (χ3n) is 16.4. The van der Waals surface area contributed by atoms with Gasteiger partial charge in [-0.1, -0.05) is 176 Å². The molecule has 3 atom stereocenters. The quantitative estimate of drug-likeness (QED) is 0.0955. The highest BCUT2D eigenvalue weighted by Crippen LogP contribution is 2.66. The molecule has 0 saturated carbocycles. The lowest BCUT2D eigenvalue weighted by Crippen LogP contribution is -2.43. The van der Waals surface area contributed by atoms with Crippen molar-refractivity contribution in [3.05, 3.63) is 263 Å². The lowest BCUT2D eigenvalue weighted by molar-refractivity contribution is -0.134. The van der Waals surface area contributed by atoms with Gasteiger partial charge in [0, 0.05) is 55.5 Å². The van der Waals surface area contributed by atoms with Crippen LogP contribution in [0.15, 0.2) is 224 Å². The minimum Gasteiger partial charge on any atom is -0.427 e. The van der Waals surface area contributed by atoms with Gasteiger partial charge in [0.2, 0.25) is 0 Å². The van der Waals surface area contributed by atoms with Crippen LogP contribution in [-0.2, 0) is 27.5 Å². The van der Waals surface area contributed by atoms with E-state index < -0.39 is 16.2 Å². The summed E-state index contributed by atoms with van der Waals surface area (Å²) in [4.78, 5) is 31.3. The summed E-state index contributed by atoms with van der Waals surface area (Å²) >= 11 is 0. The van der Waals surface area contributed by atoms with Crippen LogP contribution in [0.5, 0.6) is 5.75 Å². The number of esters is 1. The Morgan fingerprint density at radius 2 is 0.750 bits per heavy atom. The van der Waals surface area contributed by atoms with E-state index in [0.717, 1.165) is 85.7 Å². The lowest BCUT2D eigenvalue weighted by atomic mass is 9.54. The summed E-state index contributed by atoms with van der Waals surface area (Å²) in [6, 6.07) is 80.3. The Morgan fingerprint density at radius 3 is 1.24 bits per heavy atom. The van der Waals surface area contributed by atoms with Gasteiger partial charge < -0.3 is 4.74 Å². The molecule has 72 heavy (non-hydrogen) atoms. The Bertz CT molecular complexity index is 3960. The molecule has 5 nitrogen and oxygen atoms in total. The molecule has 0 amide bonds. The first-order chi connectivity index (χ1) is 35.5. The SMILES string of the molecule is O=C(CC[C@]1(C[C@]2(C[C@]3(CCc4ccccc4)c4ccccc4-c4nc5ccccc5cc43)c3ccccc3-c3nc4ccccc4cc32)c2ccccc2-c2nc3ccccc3cc21)Oc1ccccc1. The molecule has 0 fully saturated rings. The van der Waals surface area contributed by atoms with E-state index in [1.807, 2.05) is 30.3 Å². The van der Waals surface area contributed by atoms with Gasteiger partial charge in [0.15, 0.2) is 0 Å². The van der Waals surface area contributed by atoms with Crippen molar-refractivity contribution >= 4 is 38.7 Å². The predicted molar refractivity (Wildman–Crippen MR) is 289 cm³/mol. The zero-order chi connectivity index (χ0) is 47.9. The standard InChI is InChI=1S/C67H49N3O2/c71-61(72-48-24-5-2-6-25-48)36-38-66(53-30-14-11-27-50(53)63-56(66)40-46-22-8-17-33-59(46)69-63)43-67(54-31-15-12-28-51(54)64-57(67)41-47-23-9-18-34-60(47)70-64)42-65(37-35-44-19-3-1-4-20-44)52-29-13-10-26-49(52)62-55(65)39-45-21-7-16-32-58(45)68-62/h1-34,39-41H,35-38,42-43H2/t65-,66+,67-/m1/s1. The Labute approximate surface area is 418 Å². The van der Waals surface area contributed by atoms with Crippen molar-refractivity contribution in [1.82, 2.24) is 15.0 Å². The highest BCUT2D eigenvalue weighted by Gasteiger charge is 2.58. The zero-order valence-electron chi connectivity index (χ0n) is 39.8. The first kappa shape index (κ1) is 42.3. The molecular formula is C67H49N3O2. The summed E-state index contributed by atoms with van der Waals surface area (Å²) in [7, 11) is 0. The number of hydrogen-bond donors (Lipinski definition) is 0. The van der Waals surface area contributed by atoms with E-state index in [0.29, 0.717) is 18.6 Å². The fraction of sp³-hybridized carbons (Fsp3) is 0.134. The molecule has 344 valence electrons. The van der Waals surface area contributed by atoms with Crippen molar-refractivity contribution in [3.63, 3.8) is 0 Å². The van der Waals surface area contributed by atoms with Crippen molar-refractivity contribution in [2.45, 2.75) is 54.8 Å². The van der Waals surface area contributed by atoms with Gasteiger partial charge in [-0.2, -0.15) is 0 Å². The molecule has 0 bridgehead atoms. The topological polar surface area (TPSA) is 65.0 Å². The van der Waals surface area contributed by atoms with E-state index in [4.69, 9.17) is 19.7 Å². The Morgan fingerprint density at radius 1 is 0.375 bits per heavy atom. The number of rotatable bonds is 11. The van der Waals surface area contributed by atoms with Gasteiger partial charge in [-0.25, -0.2) is 15.0 Å². The number of para-hydroxylation sites is 4. The molecule has 14 rings (SSSR count). The van der Waals surface area contributed by atoms with Crippen LogP contribution in [0.3, 0.4) is 0 Å². The fourth-order valence-corrected chi connectivity index (χ4v) is 13.4. The molecule has 3 aliphatic rings. The Kier molecular flexibility index (Phi) is 9.72. The monoisotopic (exact) mass is 927 g/mol. The molecule has 3 heterocycles. The molecule has 3 aromatic heterocycles. The molecule has 8 aromatic carbocycles. The molecule has 11 aromatic rings. The smallest absolute Gasteiger partial charge is 0.311 e. The Hall–Kier alpha value is -8.54. The van der Waals surface area contributed by atoms with Crippen molar-refractivity contribution in [1.29, 1.82) is 0 Å². The first-order valence-corrected chi connectivity index (χ1v) is 25.3. The van der Waals surface area contributed by atoms with Crippen LogP contribution in [0.1, 0.15) is 71.0 Å². The van der Waals surface area contributed by atoms with Crippen molar-refractivity contribution in [2.75, 3.05) is 0 Å². The number of pyridine rings is 3. The van der Waals surface area contributed by atoms with Crippen molar-refractivity contribution in [3.8, 4) is 39.5 Å². The van der Waals surface area contributed by atoms with Crippen molar-refractivity contribution in [2.24, 2.45) is 0 Å². The highest BCUT2D eigenvalue weighted by molar-refractivity contribution is 5.93. The maximum absolute atomic E-state index is 14.5. The average Bonchev–Trinajstić information content (AvgIpc) is 3.96. The van der Waals surface area contributed by atoms with Crippen LogP contribution in [0.25, 0.3) is 66.5 Å². The summed E-state index contributed by atoms with van der Waals surface area (Å²) in [6.45, 7) is 0. The predicted octanol–water partition coefficient (Wildman–Crippen LogP) is 15.3. The fourth-order valence-electron chi connectivity index (χ4n) is 13.4. The number of benzene rings is 8. The van der Waals surface area contributed by atoms with Gasteiger partial charge in [0.25, 0.3) is 0 Å². The number of nitrogens with zero attached hydrogens (tertiary/aromatic N) is 3. The average molecular weight is 928 g/mol. The van der Waals surface area contributed by atoms with Gasteiger partial charge >= 0.3 is 5.97 Å². The second-order valence-electron chi connectivity index (χ2n) is 20.2. The molecular weight excluding hydrogens is 879 g/mol. The summed E-state index contributed by atoms with van der Waals surface area (Å²) in [5.41, 5.74) is 16.2. The second-order valence-corrected chi connectivity index (χ2v) is 20.2. The van der Waals surface area contributed by atoms with E-state index in [1.54, 1.807) is 0 Å². The number of carbonyl (C=O) groups excluding carboxylic acids is 1. The third kappa shape index (κ3) is 6.53. The molecule has 5 heteroatoms. The van der Waals surface area contributed by atoms with Gasteiger partial charge in [-0.15, -0.1) is 0 Å². The van der Waals surface area contributed by atoms with Crippen LogP contribution in [0.2, 0.25) is 0 Å². The second kappa shape index (κ2) is 16.5. The van der Waals surface area contributed by atoms with Crippen molar-refractivity contribution < 1.29 is 9.53 Å². The largest absolute Gasteiger partial charge is 0.427 e. The first-order valence-electron chi connectivity index (χ1n) is 25.3. The van der Waals surface area contributed by atoms with Gasteiger partial charge in [-0.05, 0) is 120 Å². The third-order valence-corrected chi connectivity index (χ3v) is 16.4. The van der Waals surface area contributed by atoms with E-state index in [2.05, 4.69) is 194 Å². The van der Waals surface area contributed by atoms with Crippen LogP contribution in [0.4, 0.5) is 0 Å². The summed E-state index contributed by atoms with van der Waals surface area (Å²) in [6.07, 6.45) is 3.75. The molecule has 0 N–H and O–H groups in total. The van der Waals surface area contributed by atoms with Crippen LogP contribution < -0.4 is 4.74 Å². The molecule has 0 unspecified atom stereocenters.